The summed E-state index contributed by atoms with van der Waals surface area (Å²) in [5.41, 5.74) is 0.883. The number of rotatable bonds is 5. The van der Waals surface area contributed by atoms with E-state index in [1.807, 2.05) is 18.2 Å². The number of sulfonamides is 1. The van der Waals surface area contributed by atoms with E-state index in [1.165, 1.54) is 0 Å². The summed E-state index contributed by atoms with van der Waals surface area (Å²) in [6, 6.07) is 7.88. The van der Waals surface area contributed by atoms with E-state index in [9.17, 15) is 8.42 Å². The molecule has 3 atom stereocenters. The lowest BCUT2D eigenvalue weighted by molar-refractivity contribution is -0.0732. The van der Waals surface area contributed by atoms with Gasteiger partial charge in [-0.1, -0.05) is 29.8 Å². The van der Waals surface area contributed by atoms with Gasteiger partial charge in [0.05, 0.1) is 24.5 Å². The molecular formula is C18H27ClN2O3S. The highest BCUT2D eigenvalue weighted by atomic mass is 35.5. The summed E-state index contributed by atoms with van der Waals surface area (Å²) < 4.78 is 33.5. The van der Waals surface area contributed by atoms with Crippen molar-refractivity contribution in [3.63, 3.8) is 0 Å². The molecular weight excluding hydrogens is 360 g/mol. The van der Waals surface area contributed by atoms with E-state index in [2.05, 4.69) is 19.0 Å². The maximum Gasteiger partial charge on any atom is 0.214 e. The summed E-state index contributed by atoms with van der Waals surface area (Å²) in [7, 11) is 0.825. The van der Waals surface area contributed by atoms with Gasteiger partial charge in [0, 0.05) is 17.6 Å². The maximum absolute atomic E-state index is 13.0. The van der Waals surface area contributed by atoms with Gasteiger partial charge in [-0.3, -0.25) is 0 Å². The van der Waals surface area contributed by atoms with Crippen molar-refractivity contribution in [3.05, 3.63) is 34.9 Å². The van der Waals surface area contributed by atoms with Crippen LogP contribution in [-0.4, -0.2) is 68.8 Å². The molecule has 1 saturated heterocycles. The second-order valence-corrected chi connectivity index (χ2v) is 9.62. The Morgan fingerprint density at radius 3 is 2.76 bits per heavy atom. The van der Waals surface area contributed by atoms with E-state index in [4.69, 9.17) is 16.3 Å². The molecule has 140 valence electrons. The second-order valence-electron chi connectivity index (χ2n) is 7.18. The highest BCUT2D eigenvalue weighted by Crippen LogP contribution is 2.32. The Morgan fingerprint density at radius 1 is 1.28 bits per heavy atom. The van der Waals surface area contributed by atoms with Crippen molar-refractivity contribution in [2.45, 2.75) is 43.9 Å². The van der Waals surface area contributed by atoms with E-state index in [0.29, 0.717) is 30.6 Å². The first kappa shape index (κ1) is 19.1. The molecule has 3 unspecified atom stereocenters. The minimum atomic E-state index is -3.33. The maximum atomic E-state index is 13.0. The molecule has 3 rings (SSSR count). The van der Waals surface area contributed by atoms with Crippen LogP contribution in [0.15, 0.2) is 24.3 Å². The van der Waals surface area contributed by atoms with Crippen LogP contribution in [0.25, 0.3) is 0 Å². The number of hydrogen-bond donors (Lipinski definition) is 0. The number of halogens is 1. The van der Waals surface area contributed by atoms with Crippen molar-refractivity contribution in [2.24, 2.45) is 0 Å². The SMILES string of the molecule is CN(C)C1CCC2C(C1)OCCN2S(=O)(=O)CCc1ccccc1Cl. The summed E-state index contributed by atoms with van der Waals surface area (Å²) in [5, 5.41) is 0.629. The molecule has 1 aromatic rings. The van der Waals surface area contributed by atoms with E-state index in [0.717, 1.165) is 24.8 Å². The fraction of sp³-hybridized carbons (Fsp3) is 0.667. The number of nitrogens with zero attached hydrogens (tertiary/aromatic N) is 2. The summed E-state index contributed by atoms with van der Waals surface area (Å²) in [6.45, 7) is 0.936. The molecule has 0 bridgehead atoms. The number of fused-ring (bicyclic) bond motifs is 1. The van der Waals surface area contributed by atoms with Crippen LogP contribution in [0.5, 0.6) is 0 Å². The number of morpholine rings is 1. The molecule has 0 spiro atoms. The Hall–Kier alpha value is -0.660. The van der Waals surface area contributed by atoms with Gasteiger partial charge in [-0.05, 0) is 51.4 Å². The van der Waals surface area contributed by atoms with Gasteiger partial charge in [-0.25, -0.2) is 8.42 Å². The molecule has 7 heteroatoms. The zero-order chi connectivity index (χ0) is 18.0. The van der Waals surface area contributed by atoms with Crippen LogP contribution in [0.2, 0.25) is 5.02 Å². The largest absolute Gasteiger partial charge is 0.375 e. The summed E-state index contributed by atoms with van der Waals surface area (Å²) in [4.78, 5) is 2.21. The van der Waals surface area contributed by atoms with Crippen molar-refractivity contribution in [1.29, 1.82) is 0 Å². The van der Waals surface area contributed by atoms with E-state index < -0.39 is 10.0 Å². The zero-order valence-corrected chi connectivity index (χ0v) is 16.5. The molecule has 5 nitrogen and oxygen atoms in total. The van der Waals surface area contributed by atoms with Crippen LogP contribution in [0.1, 0.15) is 24.8 Å². The van der Waals surface area contributed by atoms with Crippen LogP contribution < -0.4 is 0 Å². The number of aryl methyl sites for hydroxylation is 1. The first-order chi connectivity index (χ1) is 11.9. The van der Waals surface area contributed by atoms with Gasteiger partial charge in [0.25, 0.3) is 0 Å². The Balaban J connectivity index is 1.68. The fourth-order valence-corrected chi connectivity index (χ4v) is 5.88. The molecule has 1 heterocycles. The third kappa shape index (κ3) is 4.37. The quantitative estimate of drug-likeness (QED) is 0.779. The predicted octanol–water partition coefficient (Wildman–Crippen LogP) is 2.40. The average Bonchev–Trinajstić information content (AvgIpc) is 2.60. The molecule has 0 aromatic heterocycles. The molecule has 1 saturated carbocycles. The molecule has 25 heavy (non-hydrogen) atoms. The molecule has 2 aliphatic rings. The van der Waals surface area contributed by atoms with Gasteiger partial charge in [-0.15, -0.1) is 0 Å². The zero-order valence-electron chi connectivity index (χ0n) is 14.9. The predicted molar refractivity (Wildman–Crippen MR) is 101 cm³/mol. The molecule has 0 N–H and O–H groups in total. The molecule has 1 aromatic carbocycles. The summed E-state index contributed by atoms with van der Waals surface area (Å²) in [6.07, 6.45) is 3.21. The molecule has 1 aliphatic carbocycles. The minimum absolute atomic E-state index is 0.00462. The molecule has 1 aliphatic heterocycles. The summed E-state index contributed by atoms with van der Waals surface area (Å²) >= 11 is 6.16. The van der Waals surface area contributed by atoms with Gasteiger partial charge in [0.1, 0.15) is 0 Å². The summed E-state index contributed by atoms with van der Waals surface area (Å²) in [5.74, 6) is 0.0943. The smallest absolute Gasteiger partial charge is 0.214 e. The third-order valence-corrected chi connectivity index (χ3v) is 7.67. The Kier molecular flexibility index (Phi) is 6.06. The van der Waals surface area contributed by atoms with Gasteiger partial charge >= 0.3 is 0 Å². The highest BCUT2D eigenvalue weighted by Gasteiger charge is 2.42. The van der Waals surface area contributed by atoms with Crippen LogP contribution >= 0.6 is 11.6 Å². The van der Waals surface area contributed by atoms with Gasteiger partial charge in [-0.2, -0.15) is 4.31 Å². The number of ether oxygens (including phenoxy) is 1. The van der Waals surface area contributed by atoms with Crippen LogP contribution in [0.4, 0.5) is 0 Å². The van der Waals surface area contributed by atoms with Gasteiger partial charge in [0.15, 0.2) is 0 Å². The first-order valence-electron chi connectivity index (χ1n) is 8.89. The van der Waals surface area contributed by atoms with Crippen molar-refractivity contribution in [1.82, 2.24) is 9.21 Å². The Labute approximate surface area is 155 Å². The van der Waals surface area contributed by atoms with Gasteiger partial charge in [0.2, 0.25) is 10.0 Å². The fourth-order valence-electron chi connectivity index (χ4n) is 3.93. The van der Waals surface area contributed by atoms with Crippen molar-refractivity contribution in [2.75, 3.05) is 33.0 Å². The molecule has 0 radical (unpaired) electrons. The Bertz CT molecular complexity index is 695. The lowest BCUT2D eigenvalue weighted by atomic mass is 9.87. The van der Waals surface area contributed by atoms with E-state index in [1.54, 1.807) is 10.4 Å². The number of benzene rings is 1. The minimum Gasteiger partial charge on any atom is -0.375 e. The highest BCUT2D eigenvalue weighted by molar-refractivity contribution is 7.89. The van der Waals surface area contributed by atoms with Crippen LogP contribution in [0.3, 0.4) is 0 Å². The van der Waals surface area contributed by atoms with Crippen molar-refractivity contribution in [3.8, 4) is 0 Å². The Morgan fingerprint density at radius 2 is 2.04 bits per heavy atom. The molecule has 2 fully saturated rings. The van der Waals surface area contributed by atoms with E-state index >= 15 is 0 Å². The normalized spacial score (nSPS) is 28.1. The average molecular weight is 387 g/mol. The van der Waals surface area contributed by atoms with Crippen molar-refractivity contribution < 1.29 is 13.2 Å². The second kappa shape index (κ2) is 7.92. The molecule has 0 amide bonds. The topological polar surface area (TPSA) is 49.9 Å². The number of hydrogen-bond acceptors (Lipinski definition) is 4. The van der Waals surface area contributed by atoms with Gasteiger partial charge < -0.3 is 9.64 Å². The van der Waals surface area contributed by atoms with Crippen LogP contribution in [0, 0.1) is 0 Å². The van der Waals surface area contributed by atoms with E-state index in [-0.39, 0.29) is 17.9 Å². The monoisotopic (exact) mass is 386 g/mol. The third-order valence-electron chi connectivity index (χ3n) is 5.42. The standard InChI is InChI=1S/C18H27ClN2O3S/c1-20(2)15-7-8-17-18(13-15)24-11-10-21(17)25(22,23)12-9-14-5-3-4-6-16(14)19/h3-6,15,17-18H,7-13H2,1-2H3. The lowest BCUT2D eigenvalue weighted by Gasteiger charge is -2.46. The lowest BCUT2D eigenvalue weighted by Crippen LogP contribution is -2.58. The van der Waals surface area contributed by atoms with Crippen molar-refractivity contribution >= 4 is 21.6 Å². The first-order valence-corrected chi connectivity index (χ1v) is 10.9. The van der Waals surface area contributed by atoms with Crippen LogP contribution in [-0.2, 0) is 21.2 Å².